The van der Waals surface area contributed by atoms with Crippen molar-refractivity contribution in [2.75, 3.05) is 7.11 Å². The van der Waals surface area contributed by atoms with E-state index < -0.39 is 12.1 Å². The Morgan fingerprint density at radius 2 is 1.82 bits per heavy atom. The molecule has 5 heteroatoms. The summed E-state index contributed by atoms with van der Waals surface area (Å²) in [7, 11) is 1.31. The summed E-state index contributed by atoms with van der Waals surface area (Å²) in [6.07, 6.45) is -2.89. The molecule has 0 aromatic carbocycles. The van der Waals surface area contributed by atoms with Gasteiger partial charge < -0.3 is 4.74 Å². The first-order chi connectivity index (χ1) is 4.81. The second-order valence-electron chi connectivity index (χ2n) is 1.51. The lowest BCUT2D eigenvalue weighted by atomic mass is 10.7. The van der Waals surface area contributed by atoms with Crippen LogP contribution in [0.25, 0.3) is 0 Å². The van der Waals surface area contributed by atoms with Gasteiger partial charge in [0.15, 0.2) is 0 Å². The van der Waals surface area contributed by atoms with E-state index in [0.29, 0.717) is 0 Å². The molecule has 0 radical (unpaired) electrons. The van der Waals surface area contributed by atoms with Gasteiger partial charge >= 0.3 is 12.1 Å². The number of esters is 1. The summed E-state index contributed by atoms with van der Waals surface area (Å²) in [5, 5.41) is 0. The molecule has 0 atom stereocenters. The Bertz CT molecular complexity index is 122. The van der Waals surface area contributed by atoms with E-state index in [2.05, 4.69) is 11.3 Å². The van der Waals surface area contributed by atoms with Crippen molar-refractivity contribution in [1.82, 2.24) is 0 Å². The van der Waals surface area contributed by atoms with Crippen LogP contribution in [-0.4, -0.2) is 19.3 Å². The highest BCUT2D eigenvalue weighted by molar-refractivity contribution is 5.80. The van der Waals surface area contributed by atoms with Crippen molar-refractivity contribution < 1.29 is 22.7 Å². The molecule has 0 rings (SSSR count). The first-order valence-electron chi connectivity index (χ1n) is 2.58. The van der Waals surface area contributed by atoms with Crippen LogP contribution >= 0.6 is 0 Å². The highest BCUT2D eigenvalue weighted by Crippen LogP contribution is 2.10. The molecule has 0 spiro atoms. The van der Waals surface area contributed by atoms with Crippen LogP contribution in [0.15, 0.2) is 12.7 Å². The molecule has 0 bridgehead atoms. The molecule has 0 amide bonds. The molecule has 0 saturated heterocycles. The van der Waals surface area contributed by atoms with E-state index in [4.69, 9.17) is 0 Å². The van der Waals surface area contributed by atoms with E-state index in [0.717, 1.165) is 6.08 Å². The van der Waals surface area contributed by atoms with Crippen LogP contribution < -0.4 is 0 Å². The molecule has 0 aromatic heterocycles. The fraction of sp³-hybridized carbons (Fsp3) is 0.500. The summed E-state index contributed by atoms with van der Waals surface area (Å²) in [5.74, 6) is -0.394. The fourth-order valence-electron chi connectivity index (χ4n) is 0.0833. The van der Waals surface area contributed by atoms with E-state index in [-0.39, 0.29) is 6.92 Å². The highest BCUT2D eigenvalue weighted by atomic mass is 19.4. The third-order valence-electron chi connectivity index (χ3n) is 0.368. The number of rotatable bonds is 1. The first kappa shape index (κ1) is 12.7. The molecular formula is C6H9F3O2. The minimum atomic E-state index is -4.00. The number of alkyl halides is 3. The molecule has 0 aliphatic heterocycles. The lowest BCUT2D eigenvalue weighted by molar-refractivity contribution is -0.134. The Kier molecular flexibility index (Phi) is 6.63. The largest absolute Gasteiger partial charge is 0.466 e. The van der Waals surface area contributed by atoms with Crippen LogP contribution in [0.2, 0.25) is 0 Å². The van der Waals surface area contributed by atoms with Gasteiger partial charge in [0.05, 0.1) is 7.11 Å². The summed E-state index contributed by atoms with van der Waals surface area (Å²) >= 11 is 0. The van der Waals surface area contributed by atoms with Gasteiger partial charge in [0.1, 0.15) is 0 Å². The van der Waals surface area contributed by atoms with Gasteiger partial charge in [-0.05, 0) is 0 Å². The van der Waals surface area contributed by atoms with Crippen molar-refractivity contribution in [3.05, 3.63) is 12.7 Å². The van der Waals surface area contributed by atoms with Crippen LogP contribution in [0.5, 0.6) is 0 Å². The third-order valence-corrected chi connectivity index (χ3v) is 0.368. The minimum absolute atomic E-state index is 0.188. The van der Waals surface area contributed by atoms with Crippen molar-refractivity contribution in [2.24, 2.45) is 0 Å². The standard InChI is InChI=1S/C4H6O2.C2H3F3/c1-3-4(5)6-2;1-2(3,4)5/h3H,1H2,2H3;1H3. The minimum Gasteiger partial charge on any atom is -0.466 e. The molecule has 2 nitrogen and oxygen atoms in total. The quantitative estimate of drug-likeness (QED) is 0.444. The fourth-order valence-corrected chi connectivity index (χ4v) is 0.0833. The van der Waals surface area contributed by atoms with E-state index >= 15 is 0 Å². The molecule has 0 aromatic rings. The maximum absolute atomic E-state index is 10.4. The van der Waals surface area contributed by atoms with Crippen LogP contribution in [0.3, 0.4) is 0 Å². The Hall–Kier alpha value is -1.00. The lowest BCUT2D eigenvalue weighted by Crippen LogP contribution is -1.95. The van der Waals surface area contributed by atoms with Gasteiger partial charge in [-0.3, -0.25) is 0 Å². The Morgan fingerprint density at radius 1 is 1.55 bits per heavy atom. The number of carbonyl (C=O) groups excluding carboxylic acids is 1. The van der Waals surface area contributed by atoms with Gasteiger partial charge in [0.2, 0.25) is 0 Å². The number of ether oxygens (including phenoxy) is 1. The highest BCUT2D eigenvalue weighted by Gasteiger charge is 2.15. The van der Waals surface area contributed by atoms with E-state index in [1.165, 1.54) is 7.11 Å². The Labute approximate surface area is 62.7 Å². The van der Waals surface area contributed by atoms with Gasteiger partial charge in [0.25, 0.3) is 0 Å². The topological polar surface area (TPSA) is 26.3 Å². The summed E-state index contributed by atoms with van der Waals surface area (Å²) in [4.78, 5) is 9.84. The van der Waals surface area contributed by atoms with E-state index in [9.17, 15) is 18.0 Å². The number of halogens is 3. The zero-order valence-corrected chi connectivity index (χ0v) is 6.23. The molecule has 0 N–H and O–H groups in total. The van der Waals surface area contributed by atoms with Gasteiger partial charge in [-0.15, -0.1) is 0 Å². The summed E-state index contributed by atoms with van der Waals surface area (Å²) < 4.78 is 35.2. The van der Waals surface area contributed by atoms with Gasteiger partial charge in [-0.25, -0.2) is 4.79 Å². The molecule has 0 unspecified atom stereocenters. The van der Waals surface area contributed by atoms with E-state index in [1.54, 1.807) is 0 Å². The molecule has 11 heavy (non-hydrogen) atoms. The predicted molar refractivity (Wildman–Crippen MR) is 33.9 cm³/mol. The predicted octanol–water partition coefficient (Wildman–Crippen LogP) is 1.91. The van der Waals surface area contributed by atoms with Crippen LogP contribution in [0, 0.1) is 0 Å². The Balaban J connectivity index is 0. The first-order valence-corrected chi connectivity index (χ1v) is 2.58. The molecular weight excluding hydrogens is 161 g/mol. The van der Waals surface area contributed by atoms with Crippen molar-refractivity contribution in [1.29, 1.82) is 0 Å². The third kappa shape index (κ3) is 49.0. The second-order valence-corrected chi connectivity index (χ2v) is 1.51. The lowest BCUT2D eigenvalue weighted by Gasteiger charge is -1.88. The average molecular weight is 170 g/mol. The smallest absolute Gasteiger partial charge is 0.386 e. The van der Waals surface area contributed by atoms with Crippen LogP contribution in [-0.2, 0) is 9.53 Å². The molecule has 0 saturated carbocycles. The number of hydrogen-bond donors (Lipinski definition) is 0. The molecule has 0 aliphatic rings. The molecule has 0 fully saturated rings. The number of hydrogen-bond acceptors (Lipinski definition) is 2. The number of methoxy groups -OCH3 is 1. The van der Waals surface area contributed by atoms with Crippen molar-refractivity contribution in [3.63, 3.8) is 0 Å². The average Bonchev–Trinajstić information content (AvgIpc) is 1.83. The molecule has 66 valence electrons. The molecule has 0 heterocycles. The van der Waals surface area contributed by atoms with Gasteiger partial charge in [0, 0.05) is 13.0 Å². The van der Waals surface area contributed by atoms with Crippen molar-refractivity contribution >= 4 is 5.97 Å². The van der Waals surface area contributed by atoms with Gasteiger partial charge in [-0.2, -0.15) is 13.2 Å². The van der Waals surface area contributed by atoms with Crippen molar-refractivity contribution in [3.8, 4) is 0 Å². The maximum Gasteiger partial charge on any atom is 0.386 e. The van der Waals surface area contributed by atoms with E-state index in [1.807, 2.05) is 0 Å². The second kappa shape index (κ2) is 5.76. The zero-order valence-electron chi connectivity index (χ0n) is 6.23. The van der Waals surface area contributed by atoms with Crippen LogP contribution in [0.4, 0.5) is 13.2 Å². The summed E-state index contributed by atoms with van der Waals surface area (Å²) in [6, 6.07) is 0. The SMILES string of the molecule is C=CC(=O)OC.CC(F)(F)F. The molecule has 0 aliphatic carbocycles. The van der Waals surface area contributed by atoms with Gasteiger partial charge in [-0.1, -0.05) is 6.58 Å². The number of carbonyl (C=O) groups is 1. The summed E-state index contributed by atoms with van der Waals surface area (Å²) in [5.41, 5.74) is 0. The summed E-state index contributed by atoms with van der Waals surface area (Å²) in [6.45, 7) is 3.34. The Morgan fingerprint density at radius 3 is 1.82 bits per heavy atom. The monoisotopic (exact) mass is 170 g/mol. The normalized spacial score (nSPS) is 9.18. The van der Waals surface area contributed by atoms with Crippen molar-refractivity contribution in [2.45, 2.75) is 13.1 Å². The maximum atomic E-state index is 10.4. The van der Waals surface area contributed by atoms with Crippen LogP contribution in [0.1, 0.15) is 6.92 Å². The zero-order chi connectivity index (χ0) is 9.49.